The molecule has 0 rings (SSSR count). The lowest BCUT2D eigenvalue weighted by molar-refractivity contribution is 0.147. The van der Waals surface area contributed by atoms with E-state index in [1.165, 1.54) is 16.8 Å². The Hall–Kier alpha value is -0.180. The van der Waals surface area contributed by atoms with Crippen molar-refractivity contribution in [1.82, 2.24) is 9.21 Å². The van der Waals surface area contributed by atoms with Crippen molar-refractivity contribution in [3.63, 3.8) is 0 Å². The number of sulfone groups is 1. The zero-order valence-corrected chi connectivity index (χ0v) is 18.2. The quantitative estimate of drug-likeness (QED) is 0.543. The molecule has 0 amide bonds. The number of sulfonamides is 1. The van der Waals surface area contributed by atoms with Crippen LogP contribution in [0.2, 0.25) is 0 Å². The molecule has 0 aromatic rings. The van der Waals surface area contributed by atoms with Gasteiger partial charge in [-0.15, -0.1) is 0 Å². The normalized spacial score (nSPS) is 15.5. The molecule has 0 spiro atoms. The van der Waals surface area contributed by atoms with Crippen molar-refractivity contribution >= 4 is 19.9 Å². The second-order valence-corrected chi connectivity index (χ2v) is 12.0. The van der Waals surface area contributed by atoms with Crippen LogP contribution < -0.4 is 0 Å². The van der Waals surface area contributed by atoms with E-state index < -0.39 is 25.4 Å². The zero-order chi connectivity index (χ0) is 19.3. The van der Waals surface area contributed by atoms with Crippen LogP contribution in [0.4, 0.5) is 0 Å². The summed E-state index contributed by atoms with van der Waals surface area (Å²) >= 11 is 0. The molecule has 0 aliphatic rings. The third-order valence-corrected chi connectivity index (χ3v) is 7.10. The Bertz CT molecular complexity index is 583. The summed E-state index contributed by atoms with van der Waals surface area (Å²) in [6.07, 6.45) is 4.13. The van der Waals surface area contributed by atoms with Crippen molar-refractivity contribution < 1.29 is 16.8 Å². The molecule has 8 heteroatoms. The van der Waals surface area contributed by atoms with Crippen molar-refractivity contribution in [2.45, 2.75) is 59.0 Å². The molecule has 0 saturated heterocycles. The van der Waals surface area contributed by atoms with E-state index in [0.717, 1.165) is 19.4 Å². The van der Waals surface area contributed by atoms with Crippen LogP contribution in [0.15, 0.2) is 0 Å². The van der Waals surface area contributed by atoms with Crippen LogP contribution in [0.5, 0.6) is 0 Å². The number of nitrogens with zero attached hydrogens (tertiary/aromatic N) is 2. The molecule has 0 aliphatic carbocycles. The summed E-state index contributed by atoms with van der Waals surface area (Å²) in [5, 5.41) is 0. The summed E-state index contributed by atoms with van der Waals surface area (Å²) in [6, 6.07) is 0.247. The minimum atomic E-state index is -3.25. The van der Waals surface area contributed by atoms with Crippen molar-refractivity contribution in [2.24, 2.45) is 5.92 Å². The fourth-order valence-corrected chi connectivity index (χ4v) is 4.34. The summed E-state index contributed by atoms with van der Waals surface area (Å²) < 4.78 is 48.0. The first-order chi connectivity index (χ1) is 10.6. The lowest BCUT2D eigenvalue weighted by atomic mass is 9.88. The van der Waals surface area contributed by atoms with Crippen molar-refractivity contribution in [3.8, 4) is 0 Å². The lowest BCUT2D eigenvalue weighted by Crippen LogP contribution is -2.47. The van der Waals surface area contributed by atoms with E-state index in [-0.39, 0.29) is 11.8 Å². The maximum absolute atomic E-state index is 11.8. The largest absolute Gasteiger partial charge is 0.300 e. The van der Waals surface area contributed by atoms with Crippen LogP contribution in [-0.2, 0) is 19.9 Å². The van der Waals surface area contributed by atoms with E-state index in [9.17, 15) is 16.8 Å². The van der Waals surface area contributed by atoms with Crippen LogP contribution in [0.3, 0.4) is 0 Å². The molecule has 0 saturated carbocycles. The Morgan fingerprint density at radius 3 is 1.88 bits per heavy atom. The first kappa shape index (κ1) is 23.8. The third kappa shape index (κ3) is 8.78. The molecular formula is C16H36N2O4S2. The lowest BCUT2D eigenvalue weighted by Gasteiger charge is -2.38. The first-order valence-electron chi connectivity index (χ1n) is 8.46. The Morgan fingerprint density at radius 2 is 1.54 bits per heavy atom. The second-order valence-electron chi connectivity index (χ2n) is 7.74. The smallest absolute Gasteiger partial charge is 0.211 e. The summed E-state index contributed by atoms with van der Waals surface area (Å²) in [5.74, 6) is 0.444. The molecule has 0 aliphatic heterocycles. The third-order valence-electron chi connectivity index (χ3n) is 4.69. The summed E-state index contributed by atoms with van der Waals surface area (Å²) in [4.78, 5) is 2.17. The molecule has 0 N–H and O–H groups in total. The molecule has 0 aromatic carbocycles. The summed E-state index contributed by atoms with van der Waals surface area (Å²) in [5.41, 5.74) is -0.478. The predicted molar refractivity (Wildman–Crippen MR) is 102 cm³/mol. The van der Waals surface area contributed by atoms with Gasteiger partial charge in [-0.05, 0) is 40.0 Å². The van der Waals surface area contributed by atoms with E-state index in [0.29, 0.717) is 12.5 Å². The molecule has 1 atom stereocenters. The minimum Gasteiger partial charge on any atom is -0.300 e. The fourth-order valence-electron chi connectivity index (χ4n) is 2.80. The van der Waals surface area contributed by atoms with Gasteiger partial charge < -0.3 is 0 Å². The highest BCUT2D eigenvalue weighted by atomic mass is 32.2. The Balaban J connectivity index is 5.05. The Kier molecular flexibility index (Phi) is 8.89. The first-order valence-corrected chi connectivity index (χ1v) is 12.4. The van der Waals surface area contributed by atoms with Crippen LogP contribution in [0.25, 0.3) is 0 Å². The summed E-state index contributed by atoms with van der Waals surface area (Å²) in [7, 11) is -4.62. The van der Waals surface area contributed by atoms with E-state index >= 15 is 0 Å². The standard InChI is InChI=1S/C16H36N2O4S2/c1-9-15(12-16(4,5)17(6)24(8,21)22)13-18(14(2)3)10-11-23(7,19)20/h14-15H,9-13H2,1-8H3. The molecule has 0 fully saturated rings. The van der Waals surface area contributed by atoms with Gasteiger partial charge >= 0.3 is 0 Å². The van der Waals surface area contributed by atoms with Crippen LogP contribution in [0.1, 0.15) is 47.5 Å². The Morgan fingerprint density at radius 1 is 1.04 bits per heavy atom. The fraction of sp³-hybridized carbons (Fsp3) is 1.00. The maximum Gasteiger partial charge on any atom is 0.211 e. The van der Waals surface area contributed by atoms with E-state index in [2.05, 4.69) is 25.7 Å². The van der Waals surface area contributed by atoms with Gasteiger partial charge in [-0.3, -0.25) is 4.90 Å². The highest BCUT2D eigenvalue weighted by molar-refractivity contribution is 7.90. The molecular weight excluding hydrogens is 348 g/mol. The molecule has 0 heterocycles. The van der Waals surface area contributed by atoms with E-state index in [1.54, 1.807) is 7.05 Å². The van der Waals surface area contributed by atoms with Crippen LogP contribution in [-0.4, -0.2) is 76.0 Å². The monoisotopic (exact) mass is 384 g/mol. The Labute approximate surface area is 149 Å². The van der Waals surface area contributed by atoms with Gasteiger partial charge in [0, 0.05) is 38.0 Å². The molecule has 0 radical (unpaired) electrons. The second kappa shape index (κ2) is 8.96. The predicted octanol–water partition coefficient (Wildman–Crippen LogP) is 1.83. The SMILES string of the molecule is CCC(CN(CCS(C)(=O)=O)C(C)C)CC(C)(C)N(C)S(C)(=O)=O. The highest BCUT2D eigenvalue weighted by Gasteiger charge is 2.33. The van der Waals surface area contributed by atoms with E-state index in [4.69, 9.17) is 0 Å². The van der Waals surface area contributed by atoms with Gasteiger partial charge in [0.15, 0.2) is 0 Å². The van der Waals surface area contributed by atoms with Gasteiger partial charge in [0.05, 0.1) is 12.0 Å². The summed E-state index contributed by atoms with van der Waals surface area (Å²) in [6.45, 7) is 11.4. The van der Waals surface area contributed by atoms with Gasteiger partial charge in [-0.2, -0.15) is 4.31 Å². The molecule has 0 aromatic heterocycles. The van der Waals surface area contributed by atoms with Crippen molar-refractivity contribution in [3.05, 3.63) is 0 Å². The highest BCUT2D eigenvalue weighted by Crippen LogP contribution is 2.27. The van der Waals surface area contributed by atoms with Gasteiger partial charge in [0.2, 0.25) is 10.0 Å². The minimum absolute atomic E-state index is 0.147. The van der Waals surface area contributed by atoms with Gasteiger partial charge in [-0.1, -0.05) is 13.3 Å². The number of rotatable bonds is 11. The molecule has 24 heavy (non-hydrogen) atoms. The van der Waals surface area contributed by atoms with Crippen molar-refractivity contribution in [2.75, 3.05) is 38.4 Å². The van der Waals surface area contributed by atoms with Crippen molar-refractivity contribution in [1.29, 1.82) is 0 Å². The molecule has 1 unspecified atom stereocenters. The average Bonchev–Trinajstić information content (AvgIpc) is 2.38. The van der Waals surface area contributed by atoms with Crippen LogP contribution >= 0.6 is 0 Å². The van der Waals surface area contributed by atoms with E-state index in [1.807, 2.05) is 13.8 Å². The molecule has 6 nitrogen and oxygen atoms in total. The van der Waals surface area contributed by atoms with Gasteiger partial charge in [0.25, 0.3) is 0 Å². The van der Waals surface area contributed by atoms with Gasteiger partial charge in [-0.25, -0.2) is 16.8 Å². The maximum atomic E-state index is 11.8. The molecule has 146 valence electrons. The zero-order valence-electron chi connectivity index (χ0n) is 16.5. The average molecular weight is 385 g/mol. The molecule has 0 bridgehead atoms. The number of hydrogen-bond donors (Lipinski definition) is 0. The number of hydrogen-bond acceptors (Lipinski definition) is 5. The topological polar surface area (TPSA) is 74.8 Å². The van der Waals surface area contributed by atoms with Crippen LogP contribution in [0, 0.1) is 5.92 Å². The van der Waals surface area contributed by atoms with Gasteiger partial charge in [0.1, 0.15) is 9.84 Å².